The normalized spacial score (nSPS) is 13.7. The summed E-state index contributed by atoms with van der Waals surface area (Å²) in [7, 11) is 0. The molecule has 0 saturated carbocycles. The molecule has 0 amide bonds. The lowest BCUT2D eigenvalue weighted by atomic mass is 9.81. The molecule has 1 heterocycles. The van der Waals surface area contributed by atoms with Crippen molar-refractivity contribution in [1.82, 2.24) is 4.57 Å². The van der Waals surface area contributed by atoms with Crippen LogP contribution in [0.5, 0.6) is 0 Å². The van der Waals surface area contributed by atoms with Crippen molar-refractivity contribution in [3.8, 4) is 16.9 Å². The fourth-order valence-corrected chi connectivity index (χ4v) is 5.25. The standard InChI is InChI=1S/C29H25N3/c1-29(2)23-14-5-3-12-21(23)28-27(29)22-13-4-8-17-26(22)32(28)20-11-9-10-19(18-20)31-25-16-7-6-15-24(25)30/h3-18,31H,30H2,1-2H3. The SMILES string of the molecule is CC1(C)c2ccccc2-c2c1c1ccccc1n2-c1cccc(Nc2ccccc2N)c1. The molecule has 0 spiro atoms. The molecule has 4 aromatic carbocycles. The number of anilines is 3. The van der Waals surface area contributed by atoms with Crippen LogP contribution in [0.2, 0.25) is 0 Å². The number of nitrogens with zero attached hydrogens (tertiary/aromatic N) is 1. The summed E-state index contributed by atoms with van der Waals surface area (Å²) < 4.78 is 2.41. The zero-order chi connectivity index (χ0) is 21.9. The van der Waals surface area contributed by atoms with Gasteiger partial charge in [-0.3, -0.25) is 0 Å². The van der Waals surface area contributed by atoms with Gasteiger partial charge in [-0.05, 0) is 47.5 Å². The van der Waals surface area contributed by atoms with Gasteiger partial charge in [0.1, 0.15) is 0 Å². The predicted octanol–water partition coefficient (Wildman–Crippen LogP) is 7.26. The van der Waals surface area contributed by atoms with Crippen molar-refractivity contribution in [3.63, 3.8) is 0 Å². The number of fused-ring (bicyclic) bond motifs is 5. The summed E-state index contributed by atoms with van der Waals surface area (Å²) in [6.45, 7) is 4.68. The average molecular weight is 416 g/mol. The Balaban J connectivity index is 1.59. The maximum absolute atomic E-state index is 6.16. The van der Waals surface area contributed by atoms with Crippen molar-refractivity contribution in [2.75, 3.05) is 11.1 Å². The Kier molecular flexibility index (Phi) is 3.96. The first-order valence-corrected chi connectivity index (χ1v) is 11.0. The molecule has 0 atom stereocenters. The highest BCUT2D eigenvalue weighted by molar-refractivity contribution is 5.99. The molecule has 3 heteroatoms. The predicted molar refractivity (Wildman–Crippen MR) is 135 cm³/mol. The Bertz CT molecular complexity index is 1490. The third-order valence-electron chi connectivity index (χ3n) is 6.70. The molecule has 3 N–H and O–H groups in total. The molecule has 0 radical (unpaired) electrons. The molecule has 5 aromatic rings. The van der Waals surface area contributed by atoms with E-state index in [1.54, 1.807) is 0 Å². The molecule has 0 aliphatic heterocycles. The van der Waals surface area contributed by atoms with Gasteiger partial charge in [0.05, 0.1) is 22.6 Å². The summed E-state index contributed by atoms with van der Waals surface area (Å²) in [4.78, 5) is 0. The minimum absolute atomic E-state index is 0.0505. The van der Waals surface area contributed by atoms with Crippen LogP contribution in [0.15, 0.2) is 97.1 Å². The van der Waals surface area contributed by atoms with Crippen LogP contribution in [-0.4, -0.2) is 4.57 Å². The van der Waals surface area contributed by atoms with Crippen LogP contribution >= 0.6 is 0 Å². The van der Waals surface area contributed by atoms with Crippen molar-refractivity contribution in [2.45, 2.75) is 19.3 Å². The fourth-order valence-electron chi connectivity index (χ4n) is 5.25. The minimum atomic E-state index is -0.0505. The lowest BCUT2D eigenvalue weighted by Crippen LogP contribution is -2.14. The fraction of sp³-hybridized carbons (Fsp3) is 0.103. The van der Waals surface area contributed by atoms with E-state index in [1.807, 2.05) is 24.3 Å². The molecule has 3 nitrogen and oxygen atoms in total. The zero-order valence-corrected chi connectivity index (χ0v) is 18.3. The molecule has 0 fully saturated rings. The first-order valence-electron chi connectivity index (χ1n) is 11.0. The van der Waals surface area contributed by atoms with Gasteiger partial charge in [-0.15, -0.1) is 0 Å². The van der Waals surface area contributed by atoms with Crippen molar-refractivity contribution in [2.24, 2.45) is 0 Å². The summed E-state index contributed by atoms with van der Waals surface area (Å²) in [5, 5.41) is 4.80. The Morgan fingerprint density at radius 2 is 1.53 bits per heavy atom. The Hall–Kier alpha value is -3.98. The van der Waals surface area contributed by atoms with E-state index in [-0.39, 0.29) is 5.41 Å². The number of benzene rings is 4. The molecular formula is C29H25N3. The number of nitrogens with two attached hydrogens (primary N) is 1. The van der Waals surface area contributed by atoms with E-state index in [2.05, 4.69) is 96.5 Å². The van der Waals surface area contributed by atoms with E-state index >= 15 is 0 Å². The summed E-state index contributed by atoms with van der Waals surface area (Å²) in [6.07, 6.45) is 0. The maximum Gasteiger partial charge on any atom is 0.0617 e. The monoisotopic (exact) mass is 415 g/mol. The smallest absolute Gasteiger partial charge is 0.0617 e. The molecule has 0 saturated heterocycles. The number of rotatable bonds is 3. The lowest BCUT2D eigenvalue weighted by molar-refractivity contribution is 0.666. The van der Waals surface area contributed by atoms with Crippen LogP contribution in [0.25, 0.3) is 27.8 Å². The van der Waals surface area contributed by atoms with Gasteiger partial charge in [0.2, 0.25) is 0 Å². The number of nitrogen functional groups attached to an aromatic ring is 1. The van der Waals surface area contributed by atoms with Gasteiger partial charge in [-0.25, -0.2) is 0 Å². The highest BCUT2D eigenvalue weighted by Gasteiger charge is 2.40. The first-order chi connectivity index (χ1) is 15.6. The lowest BCUT2D eigenvalue weighted by Gasteiger charge is -2.21. The van der Waals surface area contributed by atoms with Crippen LogP contribution in [0.4, 0.5) is 17.1 Å². The van der Waals surface area contributed by atoms with Gasteiger partial charge in [-0.2, -0.15) is 0 Å². The number of para-hydroxylation sites is 3. The quantitative estimate of drug-likeness (QED) is 0.304. The summed E-state index contributed by atoms with van der Waals surface area (Å²) in [5.74, 6) is 0. The van der Waals surface area contributed by atoms with E-state index in [9.17, 15) is 0 Å². The molecular weight excluding hydrogens is 390 g/mol. The van der Waals surface area contributed by atoms with Gasteiger partial charge in [0, 0.05) is 27.7 Å². The summed E-state index contributed by atoms with van der Waals surface area (Å²) in [6, 6.07) is 34.0. The molecule has 0 unspecified atom stereocenters. The molecule has 0 bridgehead atoms. The summed E-state index contributed by atoms with van der Waals surface area (Å²) >= 11 is 0. The Morgan fingerprint density at radius 1 is 0.781 bits per heavy atom. The first kappa shape index (κ1) is 18.8. The third-order valence-corrected chi connectivity index (χ3v) is 6.70. The molecule has 156 valence electrons. The number of aromatic nitrogens is 1. The van der Waals surface area contributed by atoms with E-state index in [1.165, 1.54) is 33.3 Å². The largest absolute Gasteiger partial charge is 0.397 e. The molecule has 1 aromatic heterocycles. The highest BCUT2D eigenvalue weighted by Crippen LogP contribution is 2.53. The van der Waals surface area contributed by atoms with E-state index in [4.69, 9.17) is 5.73 Å². The van der Waals surface area contributed by atoms with E-state index in [0.717, 1.165) is 22.7 Å². The minimum Gasteiger partial charge on any atom is -0.397 e. The van der Waals surface area contributed by atoms with Crippen molar-refractivity contribution in [3.05, 3.63) is 108 Å². The second kappa shape index (κ2) is 6.76. The van der Waals surface area contributed by atoms with Gasteiger partial charge >= 0.3 is 0 Å². The Morgan fingerprint density at radius 3 is 2.41 bits per heavy atom. The third kappa shape index (κ3) is 2.61. The Labute approximate surface area is 188 Å². The molecule has 6 rings (SSSR count). The molecule has 32 heavy (non-hydrogen) atoms. The van der Waals surface area contributed by atoms with E-state index < -0.39 is 0 Å². The van der Waals surface area contributed by atoms with E-state index in [0.29, 0.717) is 0 Å². The summed E-state index contributed by atoms with van der Waals surface area (Å²) in [5.41, 5.74) is 16.5. The van der Waals surface area contributed by atoms with Crippen LogP contribution < -0.4 is 11.1 Å². The van der Waals surface area contributed by atoms with Crippen molar-refractivity contribution < 1.29 is 0 Å². The topological polar surface area (TPSA) is 43.0 Å². The maximum atomic E-state index is 6.16. The van der Waals surface area contributed by atoms with Crippen molar-refractivity contribution >= 4 is 28.0 Å². The second-order valence-corrected chi connectivity index (χ2v) is 9.01. The molecule has 1 aliphatic rings. The zero-order valence-electron chi connectivity index (χ0n) is 18.3. The van der Waals surface area contributed by atoms with Gasteiger partial charge in [-0.1, -0.05) is 74.5 Å². The van der Waals surface area contributed by atoms with Gasteiger partial charge in [0.15, 0.2) is 0 Å². The number of nitrogens with one attached hydrogen (secondary N) is 1. The second-order valence-electron chi connectivity index (χ2n) is 9.01. The average Bonchev–Trinajstić information content (AvgIpc) is 3.27. The van der Waals surface area contributed by atoms with Crippen LogP contribution in [-0.2, 0) is 5.41 Å². The van der Waals surface area contributed by atoms with Crippen LogP contribution in [0.3, 0.4) is 0 Å². The number of hydrogen-bond acceptors (Lipinski definition) is 2. The van der Waals surface area contributed by atoms with Crippen LogP contribution in [0.1, 0.15) is 25.0 Å². The van der Waals surface area contributed by atoms with Gasteiger partial charge < -0.3 is 15.6 Å². The van der Waals surface area contributed by atoms with Crippen molar-refractivity contribution in [1.29, 1.82) is 0 Å². The van der Waals surface area contributed by atoms with Gasteiger partial charge in [0.25, 0.3) is 0 Å². The highest BCUT2D eigenvalue weighted by atomic mass is 15.0. The number of hydrogen-bond donors (Lipinski definition) is 2. The molecule has 1 aliphatic carbocycles. The van der Waals surface area contributed by atoms with Crippen LogP contribution in [0, 0.1) is 0 Å².